The number of hydrogen-bond acceptors (Lipinski definition) is 3. The summed E-state index contributed by atoms with van der Waals surface area (Å²) in [7, 11) is 0. The summed E-state index contributed by atoms with van der Waals surface area (Å²) in [6, 6.07) is 10.5. The van der Waals surface area contributed by atoms with E-state index in [0.29, 0.717) is 22.8 Å². The van der Waals surface area contributed by atoms with Crippen LogP contribution < -0.4 is 10.6 Å². The average Bonchev–Trinajstić information content (AvgIpc) is 3.04. The lowest BCUT2D eigenvalue weighted by atomic mass is 10.0. The average molecular weight is 406 g/mol. The van der Waals surface area contributed by atoms with Crippen LogP contribution in [0.5, 0.6) is 0 Å². The molecule has 2 N–H and O–H groups in total. The second-order valence-electron chi connectivity index (χ2n) is 7.15. The molecule has 1 fully saturated rings. The molecule has 0 bridgehead atoms. The van der Waals surface area contributed by atoms with Crippen molar-refractivity contribution in [2.45, 2.75) is 23.5 Å². The Hall–Kier alpha value is -2.25. The molecule has 1 atom stereocenters. The fourth-order valence-electron chi connectivity index (χ4n) is 3.54. The van der Waals surface area contributed by atoms with Crippen LogP contribution in [0, 0.1) is 5.82 Å². The van der Waals surface area contributed by atoms with Crippen LogP contribution in [0.1, 0.15) is 19.4 Å². The molecule has 2 heterocycles. The number of benzene rings is 2. The molecule has 8 heteroatoms. The summed E-state index contributed by atoms with van der Waals surface area (Å²) in [6.07, 6.45) is 0. The van der Waals surface area contributed by atoms with Gasteiger partial charge in [0.05, 0.1) is 5.69 Å². The van der Waals surface area contributed by atoms with Crippen molar-refractivity contribution in [3.05, 3.63) is 58.9 Å². The second kappa shape index (κ2) is 6.14. The SMILES string of the molecule is CC1(C)CN(C(=O)Nc2ccccc2F)C2(S1)C(=O)Nc1ccc(Cl)cc12. The van der Waals surface area contributed by atoms with E-state index in [0.717, 1.165) is 0 Å². The first-order valence-corrected chi connectivity index (χ1v) is 9.57. The highest BCUT2D eigenvalue weighted by molar-refractivity contribution is 8.02. The molecule has 2 aromatic rings. The van der Waals surface area contributed by atoms with E-state index in [1.165, 1.54) is 28.8 Å². The first-order chi connectivity index (χ1) is 12.7. The smallest absolute Gasteiger partial charge is 0.323 e. The Morgan fingerprint density at radius 1 is 1.30 bits per heavy atom. The molecule has 0 aromatic heterocycles. The lowest BCUT2D eigenvalue weighted by Crippen LogP contribution is -2.50. The third-order valence-corrected chi connectivity index (χ3v) is 6.44. The number of carbonyl (C=O) groups excluding carboxylic acids is 2. The largest absolute Gasteiger partial charge is 0.323 e. The maximum atomic E-state index is 14.0. The fourth-order valence-corrected chi connectivity index (χ4v) is 5.39. The number of halogens is 2. The molecule has 1 saturated heterocycles. The van der Waals surface area contributed by atoms with E-state index >= 15 is 0 Å². The monoisotopic (exact) mass is 405 g/mol. The highest BCUT2D eigenvalue weighted by Gasteiger charge is 2.61. The van der Waals surface area contributed by atoms with Crippen LogP contribution in [-0.2, 0) is 9.67 Å². The van der Waals surface area contributed by atoms with Gasteiger partial charge in [0.15, 0.2) is 4.87 Å². The Morgan fingerprint density at radius 2 is 2.04 bits per heavy atom. The third-order valence-electron chi connectivity index (χ3n) is 4.61. The van der Waals surface area contributed by atoms with Crippen molar-refractivity contribution in [2.24, 2.45) is 0 Å². The van der Waals surface area contributed by atoms with Gasteiger partial charge < -0.3 is 10.6 Å². The van der Waals surface area contributed by atoms with Gasteiger partial charge in [-0.1, -0.05) is 23.7 Å². The Balaban J connectivity index is 1.78. The molecule has 0 saturated carbocycles. The minimum Gasteiger partial charge on any atom is -0.323 e. The van der Waals surface area contributed by atoms with E-state index in [9.17, 15) is 14.0 Å². The number of thioether (sulfide) groups is 1. The maximum Gasteiger partial charge on any atom is 0.323 e. The van der Waals surface area contributed by atoms with Gasteiger partial charge in [0.1, 0.15) is 5.82 Å². The zero-order valence-corrected chi connectivity index (χ0v) is 16.2. The summed E-state index contributed by atoms with van der Waals surface area (Å²) >= 11 is 7.55. The van der Waals surface area contributed by atoms with Gasteiger partial charge in [-0.2, -0.15) is 0 Å². The van der Waals surface area contributed by atoms with Crippen LogP contribution in [0.2, 0.25) is 5.02 Å². The lowest BCUT2D eigenvalue weighted by Gasteiger charge is -2.32. The number of para-hydroxylation sites is 1. The van der Waals surface area contributed by atoms with E-state index in [-0.39, 0.29) is 16.3 Å². The molecular formula is C19H17ClFN3O2S. The predicted octanol–water partition coefficient (Wildman–Crippen LogP) is 4.64. The predicted molar refractivity (Wildman–Crippen MR) is 106 cm³/mol. The van der Waals surface area contributed by atoms with Gasteiger partial charge >= 0.3 is 6.03 Å². The van der Waals surface area contributed by atoms with Crippen molar-refractivity contribution >= 4 is 46.7 Å². The summed E-state index contributed by atoms with van der Waals surface area (Å²) < 4.78 is 13.6. The normalized spacial score (nSPS) is 22.7. The molecule has 27 heavy (non-hydrogen) atoms. The van der Waals surface area contributed by atoms with Crippen LogP contribution in [0.15, 0.2) is 42.5 Å². The van der Waals surface area contributed by atoms with Gasteiger partial charge in [-0.25, -0.2) is 9.18 Å². The summed E-state index contributed by atoms with van der Waals surface area (Å²) in [6.45, 7) is 4.24. The number of amides is 3. The fraction of sp³-hybridized carbons (Fsp3) is 0.263. The van der Waals surface area contributed by atoms with Crippen molar-refractivity contribution in [3.8, 4) is 0 Å². The Morgan fingerprint density at radius 3 is 2.78 bits per heavy atom. The molecule has 140 valence electrons. The molecule has 1 spiro atoms. The van der Waals surface area contributed by atoms with Crippen molar-refractivity contribution < 1.29 is 14.0 Å². The molecule has 0 aliphatic carbocycles. The van der Waals surface area contributed by atoms with Crippen molar-refractivity contribution in [1.29, 1.82) is 0 Å². The number of anilines is 2. The first-order valence-electron chi connectivity index (χ1n) is 8.38. The van der Waals surface area contributed by atoms with Crippen molar-refractivity contribution in [1.82, 2.24) is 4.90 Å². The molecule has 3 amide bonds. The molecule has 2 aliphatic heterocycles. The zero-order valence-electron chi connectivity index (χ0n) is 14.7. The molecule has 5 nitrogen and oxygen atoms in total. The van der Waals surface area contributed by atoms with E-state index < -0.39 is 16.7 Å². The zero-order chi connectivity index (χ0) is 19.4. The molecular weight excluding hydrogens is 389 g/mol. The van der Waals surface area contributed by atoms with Gasteiger partial charge in [0.25, 0.3) is 5.91 Å². The number of urea groups is 1. The number of hydrogen-bond donors (Lipinski definition) is 2. The van der Waals surface area contributed by atoms with E-state index in [1.54, 1.807) is 30.3 Å². The van der Waals surface area contributed by atoms with Gasteiger partial charge in [-0.05, 0) is 44.2 Å². The van der Waals surface area contributed by atoms with Crippen LogP contribution in [0.25, 0.3) is 0 Å². The van der Waals surface area contributed by atoms with Gasteiger partial charge in [-0.15, -0.1) is 11.8 Å². The number of nitrogens with one attached hydrogen (secondary N) is 2. The van der Waals surface area contributed by atoms with E-state index in [1.807, 2.05) is 13.8 Å². The Labute approximate surface area is 165 Å². The summed E-state index contributed by atoms with van der Waals surface area (Å²) in [4.78, 5) is 26.3. The van der Waals surface area contributed by atoms with Crippen LogP contribution in [0.4, 0.5) is 20.6 Å². The molecule has 2 aromatic carbocycles. The maximum absolute atomic E-state index is 14.0. The number of nitrogens with zero attached hydrogens (tertiary/aromatic N) is 1. The standard InChI is InChI=1S/C19H17ClFN3O2S/c1-18(2)10-24(17(26)23-15-6-4-3-5-13(15)21)19(27-18)12-9-11(20)7-8-14(12)22-16(19)25/h3-9H,10H2,1-2H3,(H,22,25)(H,23,26). The van der Waals surface area contributed by atoms with E-state index in [4.69, 9.17) is 11.6 Å². The van der Waals surface area contributed by atoms with Gasteiger partial charge in [0, 0.05) is 27.6 Å². The number of rotatable bonds is 1. The summed E-state index contributed by atoms with van der Waals surface area (Å²) in [5.41, 5.74) is 1.33. The highest BCUT2D eigenvalue weighted by Crippen LogP contribution is 2.58. The Kier molecular flexibility index (Phi) is 4.12. The third kappa shape index (κ3) is 2.85. The lowest BCUT2D eigenvalue weighted by molar-refractivity contribution is -0.121. The summed E-state index contributed by atoms with van der Waals surface area (Å²) in [5, 5.41) is 5.91. The van der Waals surface area contributed by atoms with Gasteiger partial charge in [-0.3, -0.25) is 9.69 Å². The number of carbonyl (C=O) groups is 2. The van der Waals surface area contributed by atoms with Crippen LogP contribution >= 0.6 is 23.4 Å². The minimum absolute atomic E-state index is 0.0667. The molecule has 4 rings (SSSR count). The van der Waals surface area contributed by atoms with E-state index in [2.05, 4.69) is 10.6 Å². The van der Waals surface area contributed by atoms with Gasteiger partial charge in [0.2, 0.25) is 0 Å². The van der Waals surface area contributed by atoms with Crippen molar-refractivity contribution in [3.63, 3.8) is 0 Å². The summed E-state index contributed by atoms with van der Waals surface area (Å²) in [5.74, 6) is -0.843. The quantitative estimate of drug-likeness (QED) is 0.726. The Bertz CT molecular complexity index is 968. The van der Waals surface area contributed by atoms with Crippen molar-refractivity contribution in [2.75, 3.05) is 17.2 Å². The highest BCUT2D eigenvalue weighted by atomic mass is 35.5. The van der Waals surface area contributed by atoms with Crippen LogP contribution in [0.3, 0.4) is 0 Å². The van der Waals surface area contributed by atoms with Crippen LogP contribution in [-0.4, -0.2) is 28.1 Å². The minimum atomic E-state index is -1.25. The first kappa shape index (κ1) is 18.1. The number of fused-ring (bicyclic) bond motifs is 2. The second-order valence-corrected chi connectivity index (χ2v) is 9.48. The molecule has 1 unspecified atom stereocenters. The molecule has 2 aliphatic rings. The molecule has 0 radical (unpaired) electrons. The topological polar surface area (TPSA) is 61.4 Å².